The SMILES string of the molecule is CNS(=O)(=O)Nc1ccc(/C=C/C(=O)N(C)CC2=C(C)c3ccccc3C2)cn1. The first kappa shape index (κ1) is 20.8. The molecular formula is C21H24N4O3S. The fourth-order valence-corrected chi connectivity index (χ4v) is 3.68. The van der Waals surface area contributed by atoms with Gasteiger partial charge in [0.25, 0.3) is 10.2 Å². The number of hydrogen-bond acceptors (Lipinski definition) is 4. The Morgan fingerprint density at radius 3 is 2.66 bits per heavy atom. The summed E-state index contributed by atoms with van der Waals surface area (Å²) in [6.45, 7) is 2.68. The van der Waals surface area contributed by atoms with Crippen LogP contribution in [0.4, 0.5) is 5.82 Å². The third-order valence-electron chi connectivity index (χ3n) is 4.87. The van der Waals surface area contributed by atoms with E-state index in [0.717, 1.165) is 6.42 Å². The van der Waals surface area contributed by atoms with Gasteiger partial charge < -0.3 is 4.90 Å². The summed E-state index contributed by atoms with van der Waals surface area (Å²) in [7, 11) is -0.513. The van der Waals surface area contributed by atoms with Crippen molar-refractivity contribution in [2.24, 2.45) is 0 Å². The van der Waals surface area contributed by atoms with Gasteiger partial charge in [-0.15, -0.1) is 0 Å². The largest absolute Gasteiger partial charge is 0.338 e. The third-order valence-corrected chi connectivity index (χ3v) is 5.89. The third kappa shape index (κ3) is 5.10. The van der Waals surface area contributed by atoms with Crippen molar-refractivity contribution in [2.45, 2.75) is 13.3 Å². The number of pyridine rings is 1. The molecule has 3 rings (SSSR count). The normalized spacial score (nSPS) is 13.6. The first-order valence-corrected chi connectivity index (χ1v) is 10.6. The molecule has 1 aliphatic rings. The highest BCUT2D eigenvalue weighted by atomic mass is 32.2. The van der Waals surface area contributed by atoms with E-state index in [-0.39, 0.29) is 11.7 Å². The number of nitrogens with one attached hydrogen (secondary N) is 2. The number of allylic oxidation sites excluding steroid dienone is 1. The van der Waals surface area contributed by atoms with Gasteiger partial charge in [0, 0.05) is 32.9 Å². The van der Waals surface area contributed by atoms with E-state index in [0.29, 0.717) is 12.1 Å². The minimum absolute atomic E-state index is 0.110. The van der Waals surface area contributed by atoms with Crippen LogP contribution in [0.15, 0.2) is 54.2 Å². The molecular weight excluding hydrogens is 388 g/mol. The van der Waals surface area contributed by atoms with Crippen LogP contribution in [-0.4, -0.2) is 44.8 Å². The Bertz CT molecular complexity index is 1070. The highest BCUT2D eigenvalue weighted by Crippen LogP contribution is 2.32. The van der Waals surface area contributed by atoms with E-state index in [4.69, 9.17) is 0 Å². The molecule has 0 atom stereocenters. The predicted octanol–water partition coefficient (Wildman–Crippen LogP) is 2.46. The van der Waals surface area contributed by atoms with E-state index in [1.54, 1.807) is 24.1 Å². The number of nitrogens with zero attached hydrogens (tertiary/aromatic N) is 2. The number of anilines is 1. The second kappa shape index (κ2) is 8.59. The van der Waals surface area contributed by atoms with E-state index in [2.05, 4.69) is 33.5 Å². The second-order valence-corrected chi connectivity index (χ2v) is 8.50. The molecule has 0 bridgehead atoms. The maximum Gasteiger partial charge on any atom is 0.300 e. The molecule has 2 aromatic rings. The number of hydrogen-bond donors (Lipinski definition) is 2. The lowest BCUT2D eigenvalue weighted by molar-refractivity contribution is -0.124. The molecule has 0 spiro atoms. The van der Waals surface area contributed by atoms with Gasteiger partial charge in [0.1, 0.15) is 5.82 Å². The highest BCUT2D eigenvalue weighted by molar-refractivity contribution is 7.90. The Labute approximate surface area is 171 Å². The molecule has 0 saturated heterocycles. The van der Waals surface area contributed by atoms with Crippen molar-refractivity contribution in [2.75, 3.05) is 25.4 Å². The first-order valence-electron chi connectivity index (χ1n) is 9.16. The van der Waals surface area contributed by atoms with Gasteiger partial charge in [0.15, 0.2) is 0 Å². The number of fused-ring (bicyclic) bond motifs is 1. The molecule has 2 N–H and O–H groups in total. The van der Waals surface area contributed by atoms with Crippen molar-refractivity contribution >= 4 is 33.6 Å². The molecule has 0 fully saturated rings. The predicted molar refractivity (Wildman–Crippen MR) is 115 cm³/mol. The Morgan fingerprint density at radius 2 is 2.00 bits per heavy atom. The zero-order valence-corrected chi connectivity index (χ0v) is 17.5. The number of amides is 1. The Balaban J connectivity index is 1.60. The zero-order chi connectivity index (χ0) is 21.0. The molecule has 29 heavy (non-hydrogen) atoms. The van der Waals surface area contributed by atoms with Gasteiger partial charge in [-0.05, 0) is 59.4 Å². The smallest absolute Gasteiger partial charge is 0.300 e. The van der Waals surface area contributed by atoms with Gasteiger partial charge in [0.05, 0.1) is 0 Å². The summed E-state index contributed by atoms with van der Waals surface area (Å²) in [6.07, 6.45) is 5.52. The maximum absolute atomic E-state index is 12.5. The molecule has 0 saturated carbocycles. The van der Waals surface area contributed by atoms with Crippen molar-refractivity contribution in [3.05, 3.63) is 70.9 Å². The first-order chi connectivity index (χ1) is 13.8. The lowest BCUT2D eigenvalue weighted by atomic mass is 10.1. The lowest BCUT2D eigenvalue weighted by Crippen LogP contribution is -2.27. The van der Waals surface area contributed by atoms with Crippen molar-refractivity contribution < 1.29 is 13.2 Å². The van der Waals surface area contributed by atoms with Crippen LogP contribution < -0.4 is 9.44 Å². The number of carbonyl (C=O) groups is 1. The summed E-state index contributed by atoms with van der Waals surface area (Å²) in [5.41, 5.74) is 5.75. The van der Waals surface area contributed by atoms with Crippen LogP contribution in [0.25, 0.3) is 11.6 Å². The van der Waals surface area contributed by atoms with Gasteiger partial charge in [0.2, 0.25) is 5.91 Å². The molecule has 0 aliphatic heterocycles. The fraction of sp³-hybridized carbons (Fsp3) is 0.238. The summed E-state index contributed by atoms with van der Waals surface area (Å²) in [5.74, 6) is 0.0874. The maximum atomic E-state index is 12.5. The molecule has 152 valence electrons. The van der Waals surface area contributed by atoms with Gasteiger partial charge >= 0.3 is 0 Å². The Kier molecular flexibility index (Phi) is 6.14. The molecule has 7 nitrogen and oxygen atoms in total. The van der Waals surface area contributed by atoms with Crippen LogP contribution >= 0.6 is 0 Å². The van der Waals surface area contributed by atoms with Crippen LogP contribution in [0.3, 0.4) is 0 Å². The average molecular weight is 413 g/mol. The van der Waals surface area contributed by atoms with Crippen molar-refractivity contribution in [1.82, 2.24) is 14.6 Å². The monoisotopic (exact) mass is 412 g/mol. The van der Waals surface area contributed by atoms with Crippen molar-refractivity contribution in [1.29, 1.82) is 0 Å². The summed E-state index contributed by atoms with van der Waals surface area (Å²) in [5, 5.41) is 0. The van der Waals surface area contributed by atoms with Gasteiger partial charge in [-0.2, -0.15) is 8.42 Å². The van der Waals surface area contributed by atoms with Crippen LogP contribution in [0.1, 0.15) is 23.6 Å². The second-order valence-electron chi connectivity index (χ2n) is 6.88. The van der Waals surface area contributed by atoms with Gasteiger partial charge in [-0.25, -0.2) is 9.71 Å². The van der Waals surface area contributed by atoms with E-state index in [9.17, 15) is 13.2 Å². The summed E-state index contributed by atoms with van der Waals surface area (Å²) < 4.78 is 27.3. The number of benzene rings is 1. The van der Waals surface area contributed by atoms with Crippen LogP contribution in [0.2, 0.25) is 0 Å². The zero-order valence-electron chi connectivity index (χ0n) is 16.6. The summed E-state index contributed by atoms with van der Waals surface area (Å²) >= 11 is 0. The number of aromatic nitrogens is 1. The Morgan fingerprint density at radius 1 is 1.24 bits per heavy atom. The molecule has 1 amide bonds. The number of likely N-dealkylation sites (N-methyl/N-ethyl adjacent to an activating group) is 1. The van der Waals surface area contributed by atoms with Gasteiger partial charge in [-0.3, -0.25) is 9.52 Å². The highest BCUT2D eigenvalue weighted by Gasteiger charge is 2.19. The van der Waals surface area contributed by atoms with Crippen molar-refractivity contribution in [3.8, 4) is 0 Å². The fourth-order valence-electron chi connectivity index (χ4n) is 3.18. The summed E-state index contributed by atoms with van der Waals surface area (Å²) in [6, 6.07) is 11.5. The molecule has 1 heterocycles. The van der Waals surface area contributed by atoms with E-state index < -0.39 is 10.2 Å². The van der Waals surface area contributed by atoms with Gasteiger partial charge in [-0.1, -0.05) is 24.3 Å². The van der Waals surface area contributed by atoms with E-state index >= 15 is 0 Å². The minimum atomic E-state index is -3.60. The average Bonchev–Trinajstić information content (AvgIpc) is 3.02. The Hall–Kier alpha value is -2.97. The van der Waals surface area contributed by atoms with Crippen LogP contribution in [-0.2, 0) is 21.4 Å². The number of rotatable bonds is 7. The molecule has 1 aliphatic carbocycles. The topological polar surface area (TPSA) is 91.4 Å². The standard InChI is InChI=1S/C21H24N4O3S/c1-15-18(12-17-6-4-5-7-19(15)17)14-25(3)21(26)11-9-16-8-10-20(23-13-16)24-29(27,28)22-2/h4-11,13,22H,12,14H2,1-3H3,(H,23,24)/b11-9+. The minimum Gasteiger partial charge on any atom is -0.338 e. The molecule has 0 unspecified atom stereocenters. The van der Waals surface area contributed by atoms with E-state index in [1.165, 1.54) is 47.7 Å². The molecule has 0 radical (unpaired) electrons. The van der Waals surface area contributed by atoms with Crippen LogP contribution in [0.5, 0.6) is 0 Å². The molecule has 1 aromatic carbocycles. The quantitative estimate of drug-likeness (QED) is 0.684. The van der Waals surface area contributed by atoms with Crippen LogP contribution in [0, 0.1) is 0 Å². The van der Waals surface area contributed by atoms with Crippen molar-refractivity contribution in [3.63, 3.8) is 0 Å². The lowest BCUT2D eigenvalue weighted by Gasteiger charge is -2.16. The number of carbonyl (C=O) groups excluding carboxylic acids is 1. The summed E-state index contributed by atoms with van der Waals surface area (Å²) in [4.78, 5) is 18.2. The van der Waals surface area contributed by atoms with E-state index in [1.807, 2.05) is 12.1 Å². The molecule has 1 aromatic heterocycles. The molecule has 8 heteroatoms.